The van der Waals surface area contributed by atoms with Gasteiger partial charge in [0.1, 0.15) is 0 Å². The number of rotatable bonds is 8. The quantitative estimate of drug-likeness (QED) is 0.506. The average molecular weight is 460 g/mol. The minimum Gasteiger partial charge on any atom is -0.322 e. The fraction of sp³-hybridized carbons (Fsp3) is 0.480. The zero-order chi connectivity index (χ0) is 21.8. The summed E-state index contributed by atoms with van der Waals surface area (Å²) < 4.78 is 0. The van der Waals surface area contributed by atoms with Crippen molar-refractivity contribution in [1.82, 2.24) is 10.2 Å². The molecule has 0 radical (unpaired) electrons. The zero-order valence-electron chi connectivity index (χ0n) is 18.1. The second-order valence-corrected chi connectivity index (χ2v) is 9.71. The third kappa shape index (κ3) is 5.74. The first kappa shape index (κ1) is 22.4. The lowest BCUT2D eigenvalue weighted by atomic mass is 9.94. The summed E-state index contributed by atoms with van der Waals surface area (Å²) in [6.45, 7) is 5.17. The highest BCUT2D eigenvalue weighted by Crippen LogP contribution is 2.30. The first-order valence-electron chi connectivity index (χ1n) is 11.3. The molecule has 0 spiro atoms. The van der Waals surface area contributed by atoms with Crippen molar-refractivity contribution >= 4 is 34.9 Å². The van der Waals surface area contributed by atoms with Gasteiger partial charge in [0.25, 0.3) is 0 Å². The molecule has 1 heterocycles. The molecule has 2 aromatic rings. The second-order valence-electron chi connectivity index (χ2n) is 8.84. The molecule has 2 amide bonds. The van der Waals surface area contributed by atoms with Gasteiger partial charge in [-0.2, -0.15) is 0 Å². The van der Waals surface area contributed by atoms with Crippen LogP contribution in [0, 0.1) is 6.92 Å². The fourth-order valence-electron chi connectivity index (χ4n) is 4.75. The van der Waals surface area contributed by atoms with Crippen molar-refractivity contribution in [2.75, 3.05) is 31.1 Å². The Hall–Kier alpha value is -1.75. The molecule has 4 nitrogen and oxygen atoms in total. The number of nitrogens with zero attached hydrogens (tertiary/aromatic N) is 2. The topological polar surface area (TPSA) is 35.6 Å². The second kappa shape index (κ2) is 10.2. The summed E-state index contributed by atoms with van der Waals surface area (Å²) in [5.74, 6) is 0.307. The summed E-state index contributed by atoms with van der Waals surface area (Å²) in [4.78, 5) is 16.9. The highest BCUT2D eigenvalue weighted by atomic mass is 35.5. The number of nitrogens with one attached hydrogen (secondary N) is 1. The van der Waals surface area contributed by atoms with Gasteiger partial charge in [-0.05, 0) is 56.5 Å². The van der Waals surface area contributed by atoms with Crippen LogP contribution >= 0.6 is 23.2 Å². The van der Waals surface area contributed by atoms with Gasteiger partial charge >= 0.3 is 6.03 Å². The molecule has 2 aromatic carbocycles. The zero-order valence-corrected chi connectivity index (χ0v) is 19.6. The monoisotopic (exact) mass is 459 g/mol. The number of halogens is 2. The van der Waals surface area contributed by atoms with E-state index in [2.05, 4.69) is 36.5 Å². The van der Waals surface area contributed by atoms with Crippen molar-refractivity contribution in [3.8, 4) is 0 Å². The molecule has 0 aromatic heterocycles. The van der Waals surface area contributed by atoms with Crippen molar-refractivity contribution < 1.29 is 4.79 Å². The predicted octanol–water partition coefficient (Wildman–Crippen LogP) is 6.25. The summed E-state index contributed by atoms with van der Waals surface area (Å²) in [7, 11) is 0. The number of urea groups is 1. The SMILES string of the molecule is Cc1ccc(C(CCNC2CCCC2)CN2CCN(c3cc(Cl)cc(Cl)c3)C2=O)cc1. The van der Waals surface area contributed by atoms with Gasteiger partial charge in [0.2, 0.25) is 0 Å². The van der Waals surface area contributed by atoms with Gasteiger partial charge < -0.3 is 10.2 Å². The lowest BCUT2D eigenvalue weighted by molar-refractivity contribution is 0.216. The average Bonchev–Trinajstić information content (AvgIpc) is 3.37. The van der Waals surface area contributed by atoms with Crippen LogP contribution < -0.4 is 10.2 Å². The lowest BCUT2D eigenvalue weighted by Gasteiger charge is -2.26. The molecule has 6 heteroatoms. The van der Waals surface area contributed by atoms with Crippen LogP contribution in [0.15, 0.2) is 42.5 Å². The number of aryl methyl sites for hydroxylation is 1. The van der Waals surface area contributed by atoms with E-state index in [4.69, 9.17) is 23.2 Å². The van der Waals surface area contributed by atoms with E-state index in [1.54, 1.807) is 23.1 Å². The number of carbonyl (C=O) groups is 1. The fourth-order valence-corrected chi connectivity index (χ4v) is 5.26. The summed E-state index contributed by atoms with van der Waals surface area (Å²) in [5.41, 5.74) is 3.32. The van der Waals surface area contributed by atoms with Crippen molar-refractivity contribution in [3.05, 3.63) is 63.6 Å². The molecular formula is C25H31Cl2N3O. The maximum atomic E-state index is 13.2. The molecule has 4 rings (SSSR count). The first-order chi connectivity index (χ1) is 15.0. The lowest BCUT2D eigenvalue weighted by Crippen LogP contribution is -2.36. The van der Waals surface area contributed by atoms with E-state index in [0.717, 1.165) is 25.2 Å². The Balaban J connectivity index is 1.44. The maximum absolute atomic E-state index is 13.2. The number of hydrogen-bond donors (Lipinski definition) is 1. The van der Waals surface area contributed by atoms with Crippen LogP contribution in [0.2, 0.25) is 10.0 Å². The largest absolute Gasteiger partial charge is 0.324 e. The molecule has 2 fully saturated rings. The standard InChI is InChI=1S/C25H31Cl2N3O/c1-18-6-8-19(9-7-18)20(10-11-28-23-4-2-3-5-23)17-29-12-13-30(25(29)31)24-15-21(26)14-22(27)16-24/h6-9,14-16,20,23,28H,2-5,10-13,17H2,1H3. The van der Waals surface area contributed by atoms with Gasteiger partial charge in [-0.3, -0.25) is 4.90 Å². The summed E-state index contributed by atoms with van der Waals surface area (Å²) in [6.07, 6.45) is 6.27. The molecule has 166 valence electrons. The smallest absolute Gasteiger partial charge is 0.322 e. The molecule has 0 bridgehead atoms. The number of hydrogen-bond acceptors (Lipinski definition) is 2. The third-order valence-electron chi connectivity index (χ3n) is 6.52. The molecule has 1 saturated heterocycles. The van der Waals surface area contributed by atoms with Crippen LogP contribution in [0.3, 0.4) is 0 Å². The van der Waals surface area contributed by atoms with Gasteiger partial charge in [-0.15, -0.1) is 0 Å². The number of benzene rings is 2. The molecule has 1 atom stereocenters. The Morgan fingerprint density at radius 3 is 2.39 bits per heavy atom. The molecule has 1 saturated carbocycles. The highest BCUT2D eigenvalue weighted by molar-refractivity contribution is 6.35. The number of amides is 2. The Kier molecular flexibility index (Phi) is 7.42. The van der Waals surface area contributed by atoms with Crippen molar-refractivity contribution in [2.24, 2.45) is 0 Å². The first-order valence-corrected chi connectivity index (χ1v) is 12.1. The molecule has 1 N–H and O–H groups in total. The van der Waals surface area contributed by atoms with E-state index in [-0.39, 0.29) is 6.03 Å². The molecule has 1 unspecified atom stereocenters. The van der Waals surface area contributed by atoms with Gasteiger partial charge in [-0.1, -0.05) is 65.9 Å². The van der Waals surface area contributed by atoms with Gasteiger partial charge in [0.15, 0.2) is 0 Å². The molecule has 2 aliphatic rings. The van der Waals surface area contributed by atoms with Gasteiger partial charge in [0.05, 0.1) is 0 Å². The predicted molar refractivity (Wildman–Crippen MR) is 130 cm³/mol. The number of anilines is 1. The van der Waals surface area contributed by atoms with Crippen molar-refractivity contribution in [2.45, 2.75) is 51.0 Å². The van der Waals surface area contributed by atoms with Gasteiger partial charge in [-0.25, -0.2) is 4.79 Å². The van der Waals surface area contributed by atoms with Crippen LogP contribution in [-0.2, 0) is 0 Å². The van der Waals surface area contributed by atoms with E-state index in [1.165, 1.54) is 36.8 Å². The molecular weight excluding hydrogens is 429 g/mol. The number of carbonyl (C=O) groups excluding carboxylic acids is 1. The van der Waals surface area contributed by atoms with Crippen LogP contribution in [0.4, 0.5) is 10.5 Å². The van der Waals surface area contributed by atoms with Gasteiger partial charge in [0, 0.05) is 47.3 Å². The molecule has 31 heavy (non-hydrogen) atoms. The molecule has 1 aliphatic heterocycles. The summed E-state index contributed by atoms with van der Waals surface area (Å²) in [6, 6.07) is 14.7. The Bertz CT molecular complexity index is 876. The Morgan fingerprint density at radius 2 is 1.71 bits per heavy atom. The Morgan fingerprint density at radius 1 is 1.03 bits per heavy atom. The minimum absolute atomic E-state index is 0.0270. The van der Waals surface area contributed by atoms with E-state index >= 15 is 0 Å². The molecule has 1 aliphatic carbocycles. The normalized spacial score (nSPS) is 18.2. The third-order valence-corrected chi connectivity index (χ3v) is 6.96. The van der Waals surface area contributed by atoms with Crippen molar-refractivity contribution in [3.63, 3.8) is 0 Å². The van der Waals surface area contributed by atoms with Crippen LogP contribution in [0.25, 0.3) is 0 Å². The summed E-state index contributed by atoms with van der Waals surface area (Å²) in [5, 5.41) is 4.82. The van der Waals surface area contributed by atoms with Crippen LogP contribution in [-0.4, -0.2) is 43.2 Å². The Labute approximate surface area is 195 Å². The van der Waals surface area contributed by atoms with Crippen LogP contribution in [0.1, 0.15) is 49.1 Å². The van der Waals surface area contributed by atoms with E-state index < -0.39 is 0 Å². The van der Waals surface area contributed by atoms with Crippen molar-refractivity contribution in [1.29, 1.82) is 0 Å². The van der Waals surface area contributed by atoms with E-state index in [0.29, 0.717) is 35.1 Å². The summed E-state index contributed by atoms with van der Waals surface area (Å²) >= 11 is 12.3. The van der Waals surface area contributed by atoms with Crippen LogP contribution in [0.5, 0.6) is 0 Å². The minimum atomic E-state index is 0.0270. The van der Waals surface area contributed by atoms with E-state index in [1.807, 2.05) is 4.90 Å². The highest BCUT2D eigenvalue weighted by Gasteiger charge is 2.32. The maximum Gasteiger partial charge on any atom is 0.324 e. The van der Waals surface area contributed by atoms with E-state index in [9.17, 15) is 4.79 Å².